The van der Waals surface area contributed by atoms with Crippen molar-refractivity contribution in [2.75, 3.05) is 0 Å². The van der Waals surface area contributed by atoms with Crippen LogP contribution in [0.1, 0.15) is 13.3 Å². The predicted octanol–water partition coefficient (Wildman–Crippen LogP) is 1.23. The van der Waals surface area contributed by atoms with E-state index in [1.54, 1.807) is 0 Å². The van der Waals surface area contributed by atoms with Crippen LogP contribution in [0.5, 0.6) is 0 Å². The minimum absolute atomic E-state index is 0.574. The van der Waals surface area contributed by atoms with Crippen molar-refractivity contribution in [3.05, 3.63) is 0 Å². The van der Waals surface area contributed by atoms with Crippen molar-refractivity contribution in [3.8, 4) is 0 Å². The smallest absolute Gasteiger partial charge is 0.0707 e. The third-order valence-corrected chi connectivity index (χ3v) is 2.67. The van der Waals surface area contributed by atoms with Gasteiger partial charge in [-0.05, 0) is 24.2 Å². The van der Waals surface area contributed by atoms with Gasteiger partial charge in [0.05, 0.1) is 7.85 Å². The second-order valence-electron chi connectivity index (χ2n) is 3.00. The Hall–Kier alpha value is 0.0649. The molecule has 2 aliphatic rings. The molecule has 0 saturated heterocycles. The molecule has 0 aromatic carbocycles. The summed E-state index contributed by atoms with van der Waals surface area (Å²) in [6, 6.07) is 0. The Bertz CT molecular complexity index is 88.4. The molecule has 36 valence electrons. The molecule has 2 saturated carbocycles. The third kappa shape index (κ3) is 0.307. The van der Waals surface area contributed by atoms with Crippen LogP contribution >= 0.6 is 0 Å². The molecule has 4 unspecified atom stereocenters. The first-order chi connectivity index (χ1) is 3.30. The summed E-state index contributed by atoms with van der Waals surface area (Å²) in [5.74, 6) is 3.43. The van der Waals surface area contributed by atoms with E-state index < -0.39 is 0 Å². The predicted molar refractivity (Wildman–Crippen MR) is 30.3 cm³/mol. The van der Waals surface area contributed by atoms with Crippen LogP contribution in [0.2, 0.25) is 5.82 Å². The largest absolute Gasteiger partial charge is 0.0715 e. The second kappa shape index (κ2) is 0.912. The zero-order valence-electron chi connectivity index (χ0n) is 4.59. The maximum Gasteiger partial charge on any atom is 0.0707 e. The molecule has 0 spiro atoms. The summed E-state index contributed by atoms with van der Waals surface area (Å²) in [6.45, 7) is 2.26. The van der Waals surface area contributed by atoms with Crippen LogP contribution in [0.3, 0.4) is 0 Å². The fourth-order valence-electron chi connectivity index (χ4n) is 1.81. The van der Waals surface area contributed by atoms with Gasteiger partial charge in [0.1, 0.15) is 0 Å². The van der Waals surface area contributed by atoms with Gasteiger partial charge < -0.3 is 0 Å². The molecule has 7 heavy (non-hydrogen) atoms. The Morgan fingerprint density at radius 2 is 2.14 bits per heavy atom. The fourth-order valence-corrected chi connectivity index (χ4v) is 1.81. The highest BCUT2D eigenvalue weighted by molar-refractivity contribution is 6.13. The van der Waals surface area contributed by atoms with Gasteiger partial charge in [-0.3, -0.25) is 0 Å². The van der Waals surface area contributed by atoms with Crippen molar-refractivity contribution < 1.29 is 0 Å². The molecule has 2 aliphatic carbocycles. The van der Waals surface area contributed by atoms with Crippen molar-refractivity contribution in [2.24, 2.45) is 17.8 Å². The van der Waals surface area contributed by atoms with Gasteiger partial charge in [-0.15, -0.1) is 0 Å². The first-order valence-electron chi connectivity index (χ1n) is 3.06. The van der Waals surface area contributed by atoms with E-state index in [2.05, 4.69) is 6.92 Å². The van der Waals surface area contributed by atoms with E-state index in [1.165, 1.54) is 6.42 Å². The van der Waals surface area contributed by atoms with E-state index in [-0.39, 0.29) is 0 Å². The van der Waals surface area contributed by atoms with Gasteiger partial charge in [-0.2, -0.15) is 0 Å². The van der Waals surface area contributed by atoms with Crippen LogP contribution in [0, 0.1) is 17.8 Å². The van der Waals surface area contributed by atoms with Crippen LogP contribution < -0.4 is 0 Å². The third-order valence-electron chi connectivity index (χ3n) is 2.67. The van der Waals surface area contributed by atoms with Crippen LogP contribution in [-0.2, 0) is 0 Å². The van der Waals surface area contributed by atoms with Crippen molar-refractivity contribution in [2.45, 2.75) is 19.2 Å². The van der Waals surface area contributed by atoms with Gasteiger partial charge in [-0.1, -0.05) is 12.7 Å². The van der Waals surface area contributed by atoms with E-state index in [0.717, 1.165) is 17.8 Å². The molecule has 0 amide bonds. The highest BCUT2D eigenvalue weighted by Crippen LogP contribution is 2.65. The highest BCUT2D eigenvalue weighted by Gasteiger charge is 2.55. The normalized spacial score (nSPS) is 65.9. The highest BCUT2D eigenvalue weighted by atomic mass is 14.6. The van der Waals surface area contributed by atoms with Gasteiger partial charge in [-0.25, -0.2) is 0 Å². The SMILES string of the molecule is [B]C1C(C)C2CC12. The zero-order chi connectivity index (χ0) is 5.02. The summed E-state index contributed by atoms with van der Waals surface area (Å²) in [4.78, 5) is 0. The Kier molecular flexibility index (Phi) is 0.520. The standard InChI is InChI=1S/C6H9B/c1-3-4-2-5(4)6(3)7/h3-6H,2H2,1H3. The van der Waals surface area contributed by atoms with E-state index in [9.17, 15) is 0 Å². The summed E-state index contributed by atoms with van der Waals surface area (Å²) in [5.41, 5.74) is 0. The Labute approximate surface area is 45.7 Å². The van der Waals surface area contributed by atoms with Crippen molar-refractivity contribution in [3.63, 3.8) is 0 Å². The maximum absolute atomic E-state index is 5.71. The first kappa shape index (κ1) is 4.00. The van der Waals surface area contributed by atoms with Crippen LogP contribution in [0.25, 0.3) is 0 Å². The second-order valence-corrected chi connectivity index (χ2v) is 3.00. The van der Waals surface area contributed by atoms with Gasteiger partial charge in [0, 0.05) is 0 Å². The Balaban J connectivity index is 2.09. The minimum atomic E-state index is 0.574. The number of rotatable bonds is 0. The molecule has 1 heteroatoms. The molecule has 0 aromatic heterocycles. The lowest BCUT2D eigenvalue weighted by Crippen LogP contribution is -2.21. The Morgan fingerprint density at radius 3 is 2.29 bits per heavy atom. The van der Waals surface area contributed by atoms with E-state index in [1.807, 2.05) is 0 Å². The maximum atomic E-state index is 5.71. The molecular weight excluding hydrogens is 82.9 g/mol. The van der Waals surface area contributed by atoms with E-state index >= 15 is 0 Å². The van der Waals surface area contributed by atoms with Crippen molar-refractivity contribution in [1.29, 1.82) is 0 Å². The van der Waals surface area contributed by atoms with Crippen molar-refractivity contribution in [1.82, 2.24) is 0 Å². The fraction of sp³-hybridized carbons (Fsp3) is 1.00. The molecule has 0 nitrogen and oxygen atoms in total. The lowest BCUT2D eigenvalue weighted by molar-refractivity contribution is 0.318. The van der Waals surface area contributed by atoms with Gasteiger partial charge >= 0.3 is 0 Å². The average Bonchev–Trinajstić information content (AvgIpc) is 2.39. The topological polar surface area (TPSA) is 0 Å². The molecule has 0 aromatic rings. The lowest BCUT2D eigenvalue weighted by Gasteiger charge is -2.29. The lowest BCUT2D eigenvalue weighted by atomic mass is 9.63. The molecule has 4 atom stereocenters. The summed E-state index contributed by atoms with van der Waals surface area (Å²) < 4.78 is 0. The molecule has 0 bridgehead atoms. The number of hydrogen-bond acceptors (Lipinski definition) is 0. The quantitative estimate of drug-likeness (QED) is 0.394. The van der Waals surface area contributed by atoms with Crippen LogP contribution in [-0.4, -0.2) is 7.85 Å². The molecule has 2 radical (unpaired) electrons. The number of fused-ring (bicyclic) bond motifs is 1. The van der Waals surface area contributed by atoms with Crippen LogP contribution in [0.4, 0.5) is 0 Å². The van der Waals surface area contributed by atoms with Gasteiger partial charge in [0.15, 0.2) is 0 Å². The summed E-state index contributed by atoms with van der Waals surface area (Å²) in [7, 11) is 5.71. The summed E-state index contributed by atoms with van der Waals surface area (Å²) in [5, 5.41) is 0. The van der Waals surface area contributed by atoms with E-state index in [4.69, 9.17) is 7.85 Å². The monoisotopic (exact) mass is 92.1 g/mol. The van der Waals surface area contributed by atoms with E-state index in [0.29, 0.717) is 5.82 Å². The van der Waals surface area contributed by atoms with Crippen molar-refractivity contribution >= 4 is 7.85 Å². The average molecular weight is 91.9 g/mol. The Morgan fingerprint density at radius 1 is 1.43 bits per heavy atom. The van der Waals surface area contributed by atoms with Gasteiger partial charge in [0.2, 0.25) is 0 Å². The minimum Gasteiger partial charge on any atom is -0.0715 e. The first-order valence-corrected chi connectivity index (χ1v) is 3.06. The molecule has 0 N–H and O–H groups in total. The number of hydrogen-bond donors (Lipinski definition) is 0. The summed E-state index contributed by atoms with van der Waals surface area (Å²) in [6.07, 6.45) is 1.43. The van der Waals surface area contributed by atoms with Crippen LogP contribution in [0.15, 0.2) is 0 Å². The van der Waals surface area contributed by atoms with Gasteiger partial charge in [0.25, 0.3) is 0 Å². The summed E-state index contributed by atoms with van der Waals surface area (Å²) >= 11 is 0. The molecule has 0 aliphatic heterocycles. The zero-order valence-corrected chi connectivity index (χ0v) is 4.59. The molecule has 2 rings (SSSR count). The molecular formula is C6H9B. The molecule has 0 heterocycles. The molecule has 2 fully saturated rings.